The van der Waals surface area contributed by atoms with Crippen molar-refractivity contribution in [3.05, 3.63) is 53.9 Å². The lowest BCUT2D eigenvalue weighted by molar-refractivity contribution is -0.0386. The molecule has 38 heavy (non-hydrogen) atoms. The molecular formula is C27H33N5O6. The molecule has 1 aromatic carbocycles. The highest BCUT2D eigenvalue weighted by atomic mass is 16.6. The highest BCUT2D eigenvalue weighted by Gasteiger charge is 2.37. The molecule has 1 saturated carbocycles. The highest BCUT2D eigenvalue weighted by molar-refractivity contribution is 5.92. The number of carbonyl (C=O) groups excluding carboxylic acids is 2. The number of hydrogen-bond acceptors (Lipinski definition) is 9. The molecule has 2 aliphatic rings. The number of nitrogens with one attached hydrogen (secondary N) is 1. The van der Waals surface area contributed by atoms with Crippen molar-refractivity contribution >= 4 is 12.0 Å². The summed E-state index contributed by atoms with van der Waals surface area (Å²) in [7, 11) is 0. The van der Waals surface area contributed by atoms with E-state index in [1.807, 2.05) is 58.0 Å². The molecule has 1 saturated heterocycles. The zero-order valence-electron chi connectivity index (χ0n) is 22.0. The zero-order valence-corrected chi connectivity index (χ0v) is 22.0. The Balaban J connectivity index is 1.03. The van der Waals surface area contributed by atoms with E-state index in [2.05, 4.69) is 20.7 Å². The molecule has 1 aliphatic heterocycles. The molecule has 2 fully saturated rings. The van der Waals surface area contributed by atoms with Crippen LogP contribution in [-0.4, -0.2) is 63.6 Å². The average molecular weight is 524 g/mol. The zero-order chi connectivity index (χ0) is 26.9. The quantitative estimate of drug-likeness (QED) is 0.457. The fourth-order valence-corrected chi connectivity index (χ4v) is 4.40. The number of hydrogen-bond donors (Lipinski definition) is 1. The van der Waals surface area contributed by atoms with Gasteiger partial charge in [0.2, 0.25) is 17.5 Å². The fraction of sp³-hybridized carbons (Fsp3) is 0.519. The van der Waals surface area contributed by atoms with Crippen LogP contribution in [0.15, 0.2) is 45.3 Å². The molecule has 11 nitrogen and oxygen atoms in total. The first-order chi connectivity index (χ1) is 18.1. The van der Waals surface area contributed by atoms with Crippen LogP contribution in [0.25, 0.3) is 11.3 Å². The minimum absolute atomic E-state index is 0.00617. The van der Waals surface area contributed by atoms with Gasteiger partial charge in [0, 0.05) is 42.6 Å². The Morgan fingerprint density at radius 3 is 2.61 bits per heavy atom. The summed E-state index contributed by atoms with van der Waals surface area (Å²) in [4.78, 5) is 26.3. The van der Waals surface area contributed by atoms with Crippen molar-refractivity contribution in [2.75, 3.05) is 19.7 Å². The van der Waals surface area contributed by atoms with E-state index in [4.69, 9.17) is 18.4 Å². The van der Waals surface area contributed by atoms with E-state index in [1.54, 1.807) is 11.0 Å². The van der Waals surface area contributed by atoms with Gasteiger partial charge in [-0.25, -0.2) is 4.79 Å². The second-order valence-corrected chi connectivity index (χ2v) is 11.0. The van der Waals surface area contributed by atoms with Gasteiger partial charge in [0.25, 0.3) is 5.91 Å². The summed E-state index contributed by atoms with van der Waals surface area (Å²) in [5, 5.41) is 15.3. The van der Waals surface area contributed by atoms with Crippen molar-refractivity contribution in [1.29, 1.82) is 0 Å². The van der Waals surface area contributed by atoms with Crippen LogP contribution in [0.3, 0.4) is 0 Å². The summed E-state index contributed by atoms with van der Waals surface area (Å²) >= 11 is 0. The smallest absolute Gasteiger partial charge is 0.410 e. The molecule has 0 bridgehead atoms. The SMILES string of the molecule is CC(OCC1CN(C(=O)OC(C)(C)C)C1)c1nnc([C@H]2C[C@H](NC(=O)c3cc(-c4ccccc4)no3)C2)o1. The number of ether oxygens (including phenoxy) is 2. The van der Waals surface area contributed by atoms with E-state index in [0.717, 1.165) is 5.56 Å². The van der Waals surface area contributed by atoms with Crippen LogP contribution < -0.4 is 5.32 Å². The van der Waals surface area contributed by atoms with Crippen molar-refractivity contribution in [3.8, 4) is 11.3 Å². The minimum Gasteiger partial charge on any atom is -0.444 e. The van der Waals surface area contributed by atoms with Crippen molar-refractivity contribution < 1.29 is 28.0 Å². The van der Waals surface area contributed by atoms with Crippen LogP contribution in [0.2, 0.25) is 0 Å². The maximum Gasteiger partial charge on any atom is 0.410 e. The molecule has 3 aromatic rings. The van der Waals surface area contributed by atoms with E-state index in [-0.39, 0.29) is 41.7 Å². The molecule has 1 unspecified atom stereocenters. The van der Waals surface area contributed by atoms with Gasteiger partial charge in [0.15, 0.2) is 0 Å². The van der Waals surface area contributed by atoms with Crippen molar-refractivity contribution in [2.24, 2.45) is 5.92 Å². The topological polar surface area (TPSA) is 133 Å². The van der Waals surface area contributed by atoms with Crippen LogP contribution in [0.4, 0.5) is 4.79 Å². The monoisotopic (exact) mass is 523 g/mol. The Bertz CT molecular complexity index is 1250. The number of likely N-dealkylation sites (tertiary alicyclic amines) is 1. The van der Waals surface area contributed by atoms with Gasteiger partial charge < -0.3 is 28.6 Å². The third-order valence-corrected chi connectivity index (χ3v) is 6.62. The molecule has 202 valence electrons. The Labute approximate surface area is 220 Å². The number of amides is 2. The molecule has 2 amide bonds. The van der Waals surface area contributed by atoms with Crippen LogP contribution in [-0.2, 0) is 9.47 Å². The number of rotatable bonds is 8. The largest absolute Gasteiger partial charge is 0.444 e. The second kappa shape index (κ2) is 10.6. The standard InChI is InChI=1S/C27H33N5O6/c1-16(35-15-17-13-32(14-17)26(34)37-27(2,3)4)24-29-30-25(36-24)19-10-20(11-19)28-23(33)22-12-21(31-38-22)18-8-6-5-7-9-18/h5-9,12,16-17,19-20H,10-11,13-15H2,1-4H3,(H,28,33)/t16?,19-,20-. The minimum atomic E-state index is -0.502. The lowest BCUT2D eigenvalue weighted by atomic mass is 9.80. The third kappa shape index (κ3) is 6.04. The van der Waals surface area contributed by atoms with E-state index in [1.165, 1.54) is 0 Å². The molecule has 1 N–H and O–H groups in total. The summed E-state index contributed by atoms with van der Waals surface area (Å²) in [6.45, 7) is 9.12. The summed E-state index contributed by atoms with van der Waals surface area (Å²) < 4.78 is 22.4. The van der Waals surface area contributed by atoms with Gasteiger partial charge in [-0.05, 0) is 40.5 Å². The first kappa shape index (κ1) is 25.9. The van der Waals surface area contributed by atoms with E-state index < -0.39 is 5.60 Å². The molecule has 1 atom stereocenters. The molecule has 5 rings (SSSR count). The first-order valence-corrected chi connectivity index (χ1v) is 12.9. The Morgan fingerprint density at radius 2 is 1.89 bits per heavy atom. The van der Waals surface area contributed by atoms with Crippen LogP contribution in [0.1, 0.15) is 74.9 Å². The highest BCUT2D eigenvalue weighted by Crippen LogP contribution is 2.37. The van der Waals surface area contributed by atoms with Crippen molar-refractivity contribution in [1.82, 2.24) is 25.6 Å². The van der Waals surface area contributed by atoms with Crippen LogP contribution in [0, 0.1) is 5.92 Å². The Morgan fingerprint density at radius 1 is 1.16 bits per heavy atom. The second-order valence-electron chi connectivity index (χ2n) is 11.0. The summed E-state index contributed by atoms with van der Waals surface area (Å²) in [5.41, 5.74) is 1.01. The molecule has 2 aromatic heterocycles. The van der Waals surface area contributed by atoms with E-state index >= 15 is 0 Å². The molecule has 0 radical (unpaired) electrons. The lowest BCUT2D eigenvalue weighted by Gasteiger charge is -2.39. The first-order valence-electron chi connectivity index (χ1n) is 12.9. The molecule has 1 aliphatic carbocycles. The van der Waals surface area contributed by atoms with Gasteiger partial charge in [0.1, 0.15) is 17.4 Å². The number of carbonyl (C=O) groups is 2. The van der Waals surface area contributed by atoms with Crippen molar-refractivity contribution in [2.45, 2.75) is 64.2 Å². The van der Waals surface area contributed by atoms with Crippen LogP contribution in [0.5, 0.6) is 0 Å². The Hall–Kier alpha value is -3.73. The summed E-state index contributed by atoms with van der Waals surface area (Å²) in [6.07, 6.45) is 0.749. The molecule has 3 heterocycles. The predicted octanol–water partition coefficient (Wildman–Crippen LogP) is 4.35. The maximum atomic E-state index is 12.6. The van der Waals surface area contributed by atoms with Gasteiger partial charge in [-0.3, -0.25) is 4.79 Å². The molecule has 0 spiro atoms. The number of nitrogens with zero attached hydrogens (tertiary/aromatic N) is 4. The molecular weight excluding hydrogens is 490 g/mol. The van der Waals surface area contributed by atoms with Gasteiger partial charge >= 0.3 is 6.09 Å². The summed E-state index contributed by atoms with van der Waals surface area (Å²) in [5.74, 6) is 1.18. The van der Waals surface area contributed by atoms with Crippen molar-refractivity contribution in [3.63, 3.8) is 0 Å². The molecule has 11 heteroatoms. The van der Waals surface area contributed by atoms with Gasteiger partial charge in [-0.15, -0.1) is 10.2 Å². The summed E-state index contributed by atoms with van der Waals surface area (Å²) in [6, 6.07) is 11.2. The van der Waals surface area contributed by atoms with E-state index in [9.17, 15) is 9.59 Å². The Kier molecular flexibility index (Phi) is 7.20. The number of benzene rings is 1. The fourth-order valence-electron chi connectivity index (χ4n) is 4.40. The van der Waals surface area contributed by atoms with Gasteiger partial charge in [0.05, 0.1) is 6.61 Å². The van der Waals surface area contributed by atoms with Gasteiger partial charge in [-0.2, -0.15) is 0 Å². The lowest BCUT2D eigenvalue weighted by Crippen LogP contribution is -2.53. The normalized spacial score (nSPS) is 20.4. The predicted molar refractivity (Wildman–Crippen MR) is 135 cm³/mol. The number of aromatic nitrogens is 3. The van der Waals surface area contributed by atoms with Crippen LogP contribution >= 0.6 is 0 Å². The third-order valence-electron chi connectivity index (χ3n) is 6.62. The average Bonchev–Trinajstić information content (AvgIpc) is 3.50. The maximum absolute atomic E-state index is 12.6. The van der Waals surface area contributed by atoms with E-state index in [0.29, 0.717) is 50.0 Å². The van der Waals surface area contributed by atoms with Gasteiger partial charge in [-0.1, -0.05) is 35.5 Å².